The summed E-state index contributed by atoms with van der Waals surface area (Å²) in [5.41, 5.74) is -3.10. The topological polar surface area (TPSA) is 26.3 Å². The van der Waals surface area contributed by atoms with E-state index in [9.17, 15) is 22.4 Å². The number of halogens is 4. The van der Waals surface area contributed by atoms with Crippen LogP contribution in [0, 0.1) is 5.82 Å². The van der Waals surface area contributed by atoms with E-state index in [-0.39, 0.29) is 12.0 Å². The first-order chi connectivity index (χ1) is 9.78. The number of carbonyl (C=O) groups excluding carboxylic acids is 1. The molecule has 0 radical (unpaired) electrons. The van der Waals surface area contributed by atoms with E-state index in [0.29, 0.717) is 12.8 Å². The SMILES string of the molecule is CCC[C@@H]1CC(=O)C[C@@](c2cccc(F)c2)(C(F)(F)F)O1. The Kier molecular flexibility index (Phi) is 4.37. The molecular formula is C15H16F4O2. The molecule has 2 nitrogen and oxygen atoms in total. The molecule has 0 spiro atoms. The molecule has 1 fully saturated rings. The summed E-state index contributed by atoms with van der Waals surface area (Å²) in [6.45, 7) is 1.81. The zero-order valence-electron chi connectivity index (χ0n) is 11.5. The molecule has 0 aromatic heterocycles. The van der Waals surface area contributed by atoms with Crippen LogP contribution in [-0.4, -0.2) is 18.1 Å². The minimum absolute atomic E-state index is 0.0268. The average molecular weight is 304 g/mol. The van der Waals surface area contributed by atoms with E-state index in [1.165, 1.54) is 6.07 Å². The minimum atomic E-state index is -4.79. The summed E-state index contributed by atoms with van der Waals surface area (Å²) < 4.78 is 59.4. The van der Waals surface area contributed by atoms with Crippen LogP contribution in [0.3, 0.4) is 0 Å². The first kappa shape index (κ1) is 15.9. The number of rotatable bonds is 3. The molecule has 0 N–H and O–H groups in total. The van der Waals surface area contributed by atoms with Gasteiger partial charge in [0.15, 0.2) is 5.60 Å². The van der Waals surface area contributed by atoms with Crippen LogP contribution in [0.15, 0.2) is 24.3 Å². The highest BCUT2D eigenvalue weighted by Gasteiger charge is 2.61. The molecule has 1 saturated heterocycles. The summed E-state index contributed by atoms with van der Waals surface area (Å²) in [4.78, 5) is 11.8. The van der Waals surface area contributed by atoms with Crippen molar-refractivity contribution in [3.05, 3.63) is 35.6 Å². The number of hydrogen-bond acceptors (Lipinski definition) is 2. The van der Waals surface area contributed by atoms with Crippen molar-refractivity contribution in [1.29, 1.82) is 0 Å². The zero-order chi connectivity index (χ0) is 15.7. The fourth-order valence-electron chi connectivity index (χ4n) is 2.70. The van der Waals surface area contributed by atoms with Crippen molar-refractivity contribution in [3.63, 3.8) is 0 Å². The smallest absolute Gasteiger partial charge is 0.357 e. The van der Waals surface area contributed by atoms with Gasteiger partial charge in [0.2, 0.25) is 0 Å². The number of ketones is 1. The Labute approximate surface area is 120 Å². The van der Waals surface area contributed by atoms with Gasteiger partial charge < -0.3 is 4.74 Å². The molecule has 0 amide bonds. The van der Waals surface area contributed by atoms with Crippen molar-refractivity contribution in [2.75, 3.05) is 0 Å². The molecule has 2 rings (SSSR count). The van der Waals surface area contributed by atoms with E-state index in [1.807, 2.05) is 0 Å². The number of ether oxygens (including phenoxy) is 1. The van der Waals surface area contributed by atoms with Crippen LogP contribution < -0.4 is 0 Å². The second-order valence-corrected chi connectivity index (χ2v) is 5.28. The summed E-state index contributed by atoms with van der Waals surface area (Å²) in [6.07, 6.45) is -5.45. The Morgan fingerprint density at radius 1 is 1.38 bits per heavy atom. The number of alkyl halides is 3. The maximum absolute atomic E-state index is 13.6. The normalized spacial score (nSPS) is 26.9. The first-order valence-electron chi connectivity index (χ1n) is 6.81. The van der Waals surface area contributed by atoms with Crippen molar-refractivity contribution in [2.24, 2.45) is 0 Å². The highest BCUT2D eigenvalue weighted by molar-refractivity contribution is 5.81. The lowest BCUT2D eigenvalue weighted by Gasteiger charge is -2.42. The summed E-state index contributed by atoms with van der Waals surface area (Å²) in [5.74, 6) is -1.30. The largest absolute Gasteiger partial charge is 0.422 e. The fourth-order valence-corrected chi connectivity index (χ4v) is 2.70. The van der Waals surface area contributed by atoms with Crippen molar-refractivity contribution in [1.82, 2.24) is 0 Å². The van der Waals surface area contributed by atoms with E-state index in [1.54, 1.807) is 6.92 Å². The van der Waals surface area contributed by atoms with Crippen molar-refractivity contribution in [3.8, 4) is 0 Å². The Morgan fingerprint density at radius 2 is 2.10 bits per heavy atom. The molecule has 1 aliphatic heterocycles. The predicted octanol–water partition coefficient (Wildman–Crippen LogP) is 4.13. The molecule has 21 heavy (non-hydrogen) atoms. The number of benzene rings is 1. The molecule has 6 heteroatoms. The second kappa shape index (κ2) is 5.75. The van der Waals surface area contributed by atoms with Gasteiger partial charge in [-0.15, -0.1) is 0 Å². The molecule has 2 atom stereocenters. The quantitative estimate of drug-likeness (QED) is 0.785. The van der Waals surface area contributed by atoms with E-state index in [4.69, 9.17) is 4.74 Å². The maximum Gasteiger partial charge on any atom is 0.422 e. The van der Waals surface area contributed by atoms with E-state index < -0.39 is 35.9 Å². The van der Waals surface area contributed by atoms with E-state index >= 15 is 0 Å². The molecule has 1 aliphatic rings. The molecule has 0 saturated carbocycles. The van der Waals surface area contributed by atoms with Crippen LogP contribution in [0.4, 0.5) is 17.6 Å². The zero-order valence-corrected chi connectivity index (χ0v) is 11.5. The molecule has 0 bridgehead atoms. The number of hydrogen-bond donors (Lipinski definition) is 0. The summed E-state index contributed by atoms with van der Waals surface area (Å²) in [7, 11) is 0. The van der Waals surface area contributed by atoms with Crippen LogP contribution in [0.2, 0.25) is 0 Å². The van der Waals surface area contributed by atoms with Crippen molar-refractivity contribution < 1.29 is 27.1 Å². The maximum atomic E-state index is 13.6. The molecular weight excluding hydrogens is 288 g/mol. The Bertz CT molecular complexity index is 527. The Morgan fingerprint density at radius 3 is 2.67 bits per heavy atom. The van der Waals surface area contributed by atoms with Gasteiger partial charge in [-0.2, -0.15) is 13.2 Å². The van der Waals surface area contributed by atoms with Gasteiger partial charge in [-0.05, 0) is 24.1 Å². The number of Topliss-reactive ketones (excluding diaryl/α,β-unsaturated/α-hetero) is 1. The third-order valence-corrected chi connectivity index (χ3v) is 3.63. The monoisotopic (exact) mass is 304 g/mol. The lowest BCUT2D eigenvalue weighted by molar-refractivity contribution is -0.306. The van der Waals surface area contributed by atoms with E-state index in [2.05, 4.69) is 0 Å². The van der Waals surface area contributed by atoms with Crippen LogP contribution in [-0.2, 0) is 15.1 Å². The number of carbonyl (C=O) groups is 1. The standard InChI is InChI=1S/C15H16F4O2/c1-2-4-13-8-12(20)9-14(21-13,15(17,18)19)10-5-3-6-11(16)7-10/h3,5-7,13H,2,4,8-9H2,1H3/t13-,14-/m1/s1. The van der Waals surface area contributed by atoms with Crippen LogP contribution in [0.5, 0.6) is 0 Å². The van der Waals surface area contributed by atoms with Gasteiger partial charge in [0.25, 0.3) is 0 Å². The summed E-state index contributed by atoms with van der Waals surface area (Å²) in [6, 6.07) is 4.18. The predicted molar refractivity (Wildman–Crippen MR) is 68.2 cm³/mol. The van der Waals surface area contributed by atoms with Crippen LogP contribution >= 0.6 is 0 Å². The molecule has 0 unspecified atom stereocenters. The molecule has 116 valence electrons. The lowest BCUT2D eigenvalue weighted by Crippen LogP contribution is -2.52. The minimum Gasteiger partial charge on any atom is -0.357 e. The van der Waals surface area contributed by atoms with Gasteiger partial charge in [0, 0.05) is 12.8 Å². The van der Waals surface area contributed by atoms with Gasteiger partial charge in [-0.3, -0.25) is 4.79 Å². The summed E-state index contributed by atoms with van der Waals surface area (Å²) >= 11 is 0. The van der Waals surface area contributed by atoms with Gasteiger partial charge >= 0.3 is 6.18 Å². The summed E-state index contributed by atoms with van der Waals surface area (Å²) in [5, 5.41) is 0. The Hall–Kier alpha value is -1.43. The highest BCUT2D eigenvalue weighted by Crippen LogP contribution is 2.49. The first-order valence-corrected chi connectivity index (χ1v) is 6.81. The third-order valence-electron chi connectivity index (χ3n) is 3.63. The van der Waals surface area contributed by atoms with Crippen molar-refractivity contribution >= 4 is 5.78 Å². The van der Waals surface area contributed by atoms with Crippen LogP contribution in [0.25, 0.3) is 0 Å². The van der Waals surface area contributed by atoms with E-state index in [0.717, 1.165) is 18.2 Å². The van der Waals surface area contributed by atoms with Gasteiger partial charge in [0.05, 0.1) is 6.10 Å². The molecule has 1 aromatic carbocycles. The highest BCUT2D eigenvalue weighted by atomic mass is 19.4. The molecule has 1 aromatic rings. The van der Waals surface area contributed by atoms with Gasteiger partial charge in [0.1, 0.15) is 11.6 Å². The Balaban J connectivity index is 2.49. The molecule has 1 heterocycles. The molecule has 0 aliphatic carbocycles. The van der Waals surface area contributed by atoms with Crippen LogP contribution in [0.1, 0.15) is 38.2 Å². The van der Waals surface area contributed by atoms with Gasteiger partial charge in [-0.25, -0.2) is 4.39 Å². The fraction of sp³-hybridized carbons (Fsp3) is 0.533. The average Bonchev–Trinajstić information content (AvgIpc) is 2.37. The third kappa shape index (κ3) is 3.10. The van der Waals surface area contributed by atoms with Crippen molar-refractivity contribution in [2.45, 2.75) is 50.5 Å². The lowest BCUT2D eigenvalue weighted by atomic mass is 9.83. The van der Waals surface area contributed by atoms with Gasteiger partial charge in [-0.1, -0.05) is 25.5 Å². The second-order valence-electron chi connectivity index (χ2n) is 5.28.